The van der Waals surface area contributed by atoms with Gasteiger partial charge in [-0.05, 0) is 0 Å². The first kappa shape index (κ1) is 22.5. The van der Waals surface area contributed by atoms with Gasteiger partial charge < -0.3 is 10.2 Å². The van der Waals surface area contributed by atoms with Gasteiger partial charge in [0.1, 0.15) is 0 Å². The Morgan fingerprint density at radius 2 is 1.29 bits per heavy atom. The Labute approximate surface area is 130 Å². The van der Waals surface area contributed by atoms with Gasteiger partial charge in [0.25, 0.3) is 0 Å². The fourth-order valence-electron chi connectivity index (χ4n) is 0. The summed E-state index contributed by atoms with van der Waals surface area (Å²) in [4.78, 5) is 8.56. The minimum absolute atomic E-state index is 0. The maximum atomic E-state index is 8.56. The summed E-state index contributed by atoms with van der Waals surface area (Å²) in [6.07, 6.45) is -1.83. The van der Waals surface area contributed by atoms with Crippen molar-refractivity contribution in [2.75, 3.05) is 0 Å². The van der Waals surface area contributed by atoms with Crippen molar-refractivity contribution in [2.45, 2.75) is 0 Å². The van der Waals surface area contributed by atoms with Gasteiger partial charge in [0.2, 0.25) is 0 Å². The molecule has 0 saturated carbocycles. The van der Waals surface area contributed by atoms with E-state index in [1.807, 2.05) is 0 Å². The molecule has 0 saturated heterocycles. The molecule has 0 heterocycles. The van der Waals surface area contributed by atoms with Crippen molar-refractivity contribution < 1.29 is 41.2 Å². The number of hydrogen-bond donors (Lipinski definition) is 2. The van der Waals surface area contributed by atoms with Crippen LogP contribution in [-0.4, -0.2) is 103 Å². The van der Waals surface area contributed by atoms with Crippen molar-refractivity contribution in [3.8, 4) is 0 Å². The van der Waals surface area contributed by atoms with Crippen LogP contribution in [0.5, 0.6) is 0 Å². The number of carbonyl (C=O) groups is 1. The third kappa shape index (κ3) is 49.2. The van der Waals surface area contributed by atoms with Gasteiger partial charge >= 0.3 is 92.8 Å². The van der Waals surface area contributed by atoms with Gasteiger partial charge in [-0.1, -0.05) is 0 Å². The van der Waals surface area contributed by atoms with Crippen LogP contribution in [0, 0.1) is 0 Å². The van der Waals surface area contributed by atoms with E-state index in [2.05, 4.69) is 0 Å². The van der Waals surface area contributed by atoms with Crippen molar-refractivity contribution in [1.82, 2.24) is 0 Å². The average Bonchev–Trinajstić information content (AvgIpc) is 0.811. The van der Waals surface area contributed by atoms with Gasteiger partial charge in [0, 0.05) is 26.2 Å². The van der Waals surface area contributed by atoms with E-state index in [1.54, 1.807) is 0 Å². The van der Waals surface area contributed by atoms with Crippen LogP contribution in [0.2, 0.25) is 0 Å². The van der Waals surface area contributed by atoms with Crippen LogP contribution in [0.4, 0.5) is 4.79 Å². The number of hydrogen-bond acceptors (Lipinski definition) is 1. The molecular formula is CH6BaCaO3Zr. The van der Waals surface area contributed by atoms with Crippen molar-refractivity contribution in [1.29, 1.82) is 0 Å². The molecule has 3 nitrogen and oxygen atoms in total. The van der Waals surface area contributed by atoms with Crippen LogP contribution in [0.3, 0.4) is 0 Å². The molecule has 0 atom stereocenters. The Morgan fingerprint density at radius 1 is 1.29 bits per heavy atom. The van der Waals surface area contributed by atoms with Crippen LogP contribution in [-0.2, 0) is 26.2 Å². The maximum Gasteiger partial charge on any atom is 0 e. The largest absolute Gasteiger partial charge is 0 e. The second-order valence-corrected chi connectivity index (χ2v) is 0.283. The van der Waals surface area contributed by atoms with Crippen LogP contribution in [0.15, 0.2) is 0 Å². The summed E-state index contributed by atoms with van der Waals surface area (Å²) in [6, 6.07) is 0. The van der Waals surface area contributed by atoms with Crippen molar-refractivity contribution in [2.24, 2.45) is 0 Å². The van der Waals surface area contributed by atoms with Gasteiger partial charge in [-0.25, -0.2) is 4.79 Å². The molecule has 2 N–H and O–H groups in total. The van der Waals surface area contributed by atoms with E-state index in [9.17, 15) is 0 Å². The van der Waals surface area contributed by atoms with E-state index in [0.29, 0.717) is 0 Å². The molecule has 0 unspecified atom stereocenters. The first-order valence-electron chi connectivity index (χ1n) is 0.651. The summed E-state index contributed by atoms with van der Waals surface area (Å²) in [5.41, 5.74) is 0. The Balaban J connectivity index is -0.0000000150. The second kappa shape index (κ2) is 16.0. The fourth-order valence-corrected chi connectivity index (χ4v) is 0. The van der Waals surface area contributed by atoms with E-state index < -0.39 is 6.16 Å². The molecule has 0 rings (SSSR count). The van der Waals surface area contributed by atoms with E-state index >= 15 is 0 Å². The summed E-state index contributed by atoms with van der Waals surface area (Å²) in [7, 11) is 0. The zero-order valence-corrected chi connectivity index (χ0v) is 4.76. The van der Waals surface area contributed by atoms with Crippen LogP contribution in [0.1, 0.15) is 0 Å². The van der Waals surface area contributed by atoms with E-state index in [1.165, 1.54) is 0 Å². The third-order valence-electron chi connectivity index (χ3n) is 0. The molecule has 0 aliphatic carbocycles. The van der Waals surface area contributed by atoms with Gasteiger partial charge in [-0.3, -0.25) is 0 Å². The normalized spacial score (nSPS) is 3.43. The molecular weight excluding hydrogens is 329 g/mol. The zero-order valence-electron chi connectivity index (χ0n) is 2.30. The summed E-state index contributed by atoms with van der Waals surface area (Å²) in [5.74, 6) is 0. The Morgan fingerprint density at radius 3 is 1.29 bits per heavy atom. The second-order valence-electron chi connectivity index (χ2n) is 0.283. The predicted molar refractivity (Wildman–Crippen MR) is 27.7 cm³/mol. The smallest absolute Gasteiger partial charge is 0 e. The van der Waals surface area contributed by atoms with Crippen LogP contribution < -0.4 is 0 Å². The van der Waals surface area contributed by atoms with Crippen molar-refractivity contribution in [3.63, 3.8) is 0 Å². The predicted octanol–water partition coefficient (Wildman–Crippen LogP) is -1.61. The zero-order chi connectivity index (χ0) is 3.58. The van der Waals surface area contributed by atoms with Crippen LogP contribution in [0.25, 0.3) is 0 Å². The molecule has 0 bridgehead atoms. The minimum Gasteiger partial charge on any atom is 0 e. The topological polar surface area (TPSA) is 57.5 Å². The van der Waals surface area contributed by atoms with Crippen molar-refractivity contribution in [3.05, 3.63) is 0 Å². The minimum atomic E-state index is -1.83. The molecule has 0 spiro atoms. The molecule has 36 valence electrons. The van der Waals surface area contributed by atoms with Gasteiger partial charge in [0.05, 0.1) is 0 Å². The Hall–Kier alpha value is 2.98. The van der Waals surface area contributed by atoms with Gasteiger partial charge in [-0.2, -0.15) is 0 Å². The van der Waals surface area contributed by atoms with Gasteiger partial charge in [-0.15, -0.1) is 0 Å². The average molecular weight is 335 g/mol. The third-order valence-corrected chi connectivity index (χ3v) is 0. The monoisotopic (exact) mass is 334 g/mol. The molecule has 0 aliphatic rings. The fraction of sp³-hybridized carbons (Fsp3) is 0. The number of rotatable bonds is 0. The van der Waals surface area contributed by atoms with Crippen LogP contribution >= 0.6 is 0 Å². The Kier molecular flexibility index (Phi) is 51.4. The first-order valence-corrected chi connectivity index (χ1v) is 0.651. The maximum absolute atomic E-state index is 8.56. The van der Waals surface area contributed by atoms with Gasteiger partial charge in [0.15, 0.2) is 0 Å². The molecule has 0 fully saturated rings. The van der Waals surface area contributed by atoms with E-state index in [-0.39, 0.29) is 113 Å². The molecule has 7 heavy (non-hydrogen) atoms. The summed E-state index contributed by atoms with van der Waals surface area (Å²) >= 11 is 0. The summed E-state index contributed by atoms with van der Waals surface area (Å²) in [6.45, 7) is 0. The van der Waals surface area contributed by atoms with E-state index in [0.717, 1.165) is 0 Å². The molecule has 6 heteroatoms. The SMILES string of the molecule is O=C(O)O.[BaH2].[CaH2].[Zr]. The molecule has 0 aliphatic heterocycles. The van der Waals surface area contributed by atoms with E-state index in [4.69, 9.17) is 15.0 Å². The Bertz CT molecular complexity index is 37.9. The standard InChI is InChI=1S/CH2O3.Ba.Ca.Zr.4H/c2-1(3)4;;;;;;;/h(H2,2,3,4);;;;;;;. The van der Waals surface area contributed by atoms with Crippen molar-refractivity contribution >= 4 is 92.8 Å². The molecule has 0 amide bonds. The number of carboxylic acid groups (broad SMARTS) is 2. The molecule has 0 aromatic heterocycles. The molecule has 0 aromatic carbocycles. The molecule has 0 radical (unpaired) electrons. The summed E-state index contributed by atoms with van der Waals surface area (Å²) in [5, 5.41) is 13.9. The summed E-state index contributed by atoms with van der Waals surface area (Å²) < 4.78 is 0. The molecule has 0 aromatic rings. The first-order chi connectivity index (χ1) is 1.73. The quantitative estimate of drug-likeness (QED) is 0.524.